The monoisotopic (exact) mass is 284 g/mol. The van der Waals surface area contributed by atoms with Gasteiger partial charge in [0.2, 0.25) is 0 Å². The molecule has 4 atom stereocenters. The zero-order valence-corrected chi connectivity index (χ0v) is 13.9. The third-order valence-corrected chi connectivity index (χ3v) is 6.57. The minimum absolute atomic E-state index is 0.0683. The summed E-state index contributed by atoms with van der Waals surface area (Å²) in [7, 11) is 0. The number of ketones is 1. The molecule has 1 aromatic rings. The fourth-order valence-electron chi connectivity index (χ4n) is 4.99. The smallest absolute Gasteiger partial charge is 0.139 e. The van der Waals surface area contributed by atoms with E-state index in [4.69, 9.17) is 0 Å². The molecule has 0 aliphatic heterocycles. The van der Waals surface area contributed by atoms with Gasteiger partial charge in [-0.25, -0.2) is 0 Å². The van der Waals surface area contributed by atoms with Crippen LogP contribution in [0.25, 0.3) is 0 Å². The molecule has 2 aliphatic carbocycles. The molecular formula is C20H28O. The first-order valence-corrected chi connectivity index (χ1v) is 8.60. The summed E-state index contributed by atoms with van der Waals surface area (Å²) in [4.78, 5) is 12.4. The summed E-state index contributed by atoms with van der Waals surface area (Å²) < 4.78 is 0. The van der Waals surface area contributed by atoms with Crippen molar-refractivity contribution in [3.63, 3.8) is 0 Å². The highest BCUT2D eigenvalue weighted by Crippen LogP contribution is 2.53. The number of Topliss-reactive ketones (excluding diaryl/α,β-unsaturated/α-hetero) is 1. The second-order valence-electron chi connectivity index (χ2n) is 7.53. The van der Waals surface area contributed by atoms with Gasteiger partial charge >= 0.3 is 0 Å². The second kappa shape index (κ2) is 5.26. The molecule has 1 fully saturated rings. The van der Waals surface area contributed by atoms with Gasteiger partial charge in [-0.2, -0.15) is 0 Å². The maximum Gasteiger partial charge on any atom is 0.139 e. The molecule has 1 unspecified atom stereocenters. The van der Waals surface area contributed by atoms with Crippen molar-refractivity contribution in [3.05, 3.63) is 34.9 Å². The molecule has 0 amide bonds. The van der Waals surface area contributed by atoms with Crippen LogP contribution in [-0.2, 0) is 11.2 Å². The third kappa shape index (κ3) is 2.25. The number of carbonyl (C=O) groups is 1. The molecule has 0 radical (unpaired) electrons. The Kier molecular flexibility index (Phi) is 3.71. The summed E-state index contributed by atoms with van der Waals surface area (Å²) in [5.74, 6) is 2.36. The average Bonchev–Trinajstić information content (AvgIpc) is 2.76. The highest BCUT2D eigenvalue weighted by atomic mass is 16.1. The number of hydrogen-bond donors (Lipinski definition) is 0. The summed E-state index contributed by atoms with van der Waals surface area (Å²) in [6, 6.07) is 6.94. The maximum absolute atomic E-state index is 12.4. The Morgan fingerprint density at radius 1 is 1.24 bits per heavy atom. The van der Waals surface area contributed by atoms with E-state index in [0.29, 0.717) is 23.5 Å². The molecule has 0 saturated heterocycles. The highest BCUT2D eigenvalue weighted by molar-refractivity contribution is 5.87. The van der Waals surface area contributed by atoms with Crippen LogP contribution in [0, 0.1) is 24.2 Å². The van der Waals surface area contributed by atoms with E-state index < -0.39 is 0 Å². The largest absolute Gasteiger partial charge is 0.299 e. The molecule has 0 heterocycles. The Bertz CT molecular complexity index is 559. The van der Waals surface area contributed by atoms with Crippen LogP contribution in [0.3, 0.4) is 0 Å². The van der Waals surface area contributed by atoms with E-state index >= 15 is 0 Å². The molecule has 0 spiro atoms. The van der Waals surface area contributed by atoms with Gasteiger partial charge in [0, 0.05) is 11.8 Å². The van der Waals surface area contributed by atoms with Gasteiger partial charge in [-0.05, 0) is 61.5 Å². The van der Waals surface area contributed by atoms with E-state index in [1.807, 2.05) is 0 Å². The molecule has 3 rings (SSSR count). The first-order chi connectivity index (χ1) is 9.97. The van der Waals surface area contributed by atoms with E-state index in [2.05, 4.69) is 45.9 Å². The lowest BCUT2D eigenvalue weighted by molar-refractivity contribution is -0.127. The van der Waals surface area contributed by atoms with Crippen LogP contribution in [0.4, 0.5) is 0 Å². The van der Waals surface area contributed by atoms with Crippen LogP contribution < -0.4 is 0 Å². The van der Waals surface area contributed by atoms with Gasteiger partial charge < -0.3 is 0 Å². The zero-order valence-electron chi connectivity index (χ0n) is 13.9. The predicted molar refractivity (Wildman–Crippen MR) is 87.5 cm³/mol. The molecule has 114 valence electrons. The van der Waals surface area contributed by atoms with Crippen molar-refractivity contribution in [2.45, 2.75) is 65.7 Å². The molecular weight excluding hydrogens is 256 g/mol. The van der Waals surface area contributed by atoms with Crippen molar-refractivity contribution in [1.82, 2.24) is 0 Å². The number of carbonyl (C=O) groups excluding carboxylic acids is 1. The number of benzene rings is 1. The number of rotatable bonds is 2. The Balaban J connectivity index is 1.92. The maximum atomic E-state index is 12.4. The Morgan fingerprint density at radius 3 is 2.71 bits per heavy atom. The topological polar surface area (TPSA) is 17.1 Å². The lowest BCUT2D eigenvalue weighted by Gasteiger charge is -2.41. The number of hydrogen-bond acceptors (Lipinski definition) is 1. The van der Waals surface area contributed by atoms with Crippen molar-refractivity contribution < 1.29 is 4.79 Å². The van der Waals surface area contributed by atoms with Crippen LogP contribution in [0.2, 0.25) is 0 Å². The van der Waals surface area contributed by atoms with Gasteiger partial charge in [0.1, 0.15) is 5.78 Å². The van der Waals surface area contributed by atoms with Gasteiger partial charge in [-0.1, -0.05) is 44.5 Å². The lowest BCUT2D eigenvalue weighted by atomic mass is 9.62. The van der Waals surface area contributed by atoms with Gasteiger partial charge in [0.05, 0.1) is 0 Å². The Hall–Kier alpha value is -1.11. The lowest BCUT2D eigenvalue weighted by Crippen LogP contribution is -2.36. The van der Waals surface area contributed by atoms with Crippen molar-refractivity contribution in [1.29, 1.82) is 0 Å². The Labute approximate surface area is 129 Å². The molecule has 0 N–H and O–H groups in total. The molecule has 1 heteroatoms. The van der Waals surface area contributed by atoms with Crippen molar-refractivity contribution in [2.75, 3.05) is 0 Å². The molecule has 0 bridgehead atoms. The second-order valence-corrected chi connectivity index (χ2v) is 7.53. The van der Waals surface area contributed by atoms with E-state index in [9.17, 15) is 4.79 Å². The summed E-state index contributed by atoms with van der Waals surface area (Å²) in [6.07, 6.45) is 5.36. The molecule has 1 saturated carbocycles. The van der Waals surface area contributed by atoms with Crippen LogP contribution in [0.1, 0.15) is 69.1 Å². The summed E-state index contributed by atoms with van der Waals surface area (Å²) in [5.41, 5.74) is 4.38. The van der Waals surface area contributed by atoms with Crippen molar-refractivity contribution in [3.8, 4) is 0 Å². The highest BCUT2D eigenvalue weighted by Gasteiger charge is 2.49. The average molecular weight is 284 g/mol. The SMILES string of the molecule is CCC1(C)C(=O)CC[C@H]1[C@@H]1CCc2cc(C)ccc2[C@H]1C. The normalized spacial score (nSPS) is 35.8. The van der Waals surface area contributed by atoms with Crippen LogP contribution in [-0.4, -0.2) is 5.78 Å². The molecule has 1 aromatic carbocycles. The van der Waals surface area contributed by atoms with Crippen LogP contribution >= 0.6 is 0 Å². The number of fused-ring (bicyclic) bond motifs is 1. The predicted octanol–water partition coefficient (Wildman–Crippen LogP) is 5.06. The van der Waals surface area contributed by atoms with E-state index in [1.165, 1.54) is 24.0 Å². The minimum atomic E-state index is -0.0683. The van der Waals surface area contributed by atoms with Crippen LogP contribution in [0.5, 0.6) is 0 Å². The molecule has 0 aromatic heterocycles. The fourth-order valence-corrected chi connectivity index (χ4v) is 4.99. The van der Waals surface area contributed by atoms with E-state index in [-0.39, 0.29) is 5.41 Å². The number of aryl methyl sites for hydroxylation is 2. The quantitative estimate of drug-likeness (QED) is 0.742. The van der Waals surface area contributed by atoms with Gasteiger partial charge in [0.15, 0.2) is 0 Å². The Morgan fingerprint density at radius 2 is 2.00 bits per heavy atom. The molecule has 1 nitrogen and oxygen atoms in total. The van der Waals surface area contributed by atoms with E-state index in [0.717, 1.165) is 19.3 Å². The first kappa shape index (κ1) is 14.8. The van der Waals surface area contributed by atoms with Crippen LogP contribution in [0.15, 0.2) is 18.2 Å². The molecule has 2 aliphatic rings. The van der Waals surface area contributed by atoms with Crippen molar-refractivity contribution in [2.24, 2.45) is 17.3 Å². The first-order valence-electron chi connectivity index (χ1n) is 8.60. The fraction of sp³-hybridized carbons (Fsp3) is 0.650. The van der Waals surface area contributed by atoms with Gasteiger partial charge in [-0.3, -0.25) is 4.79 Å². The van der Waals surface area contributed by atoms with E-state index in [1.54, 1.807) is 5.56 Å². The zero-order chi connectivity index (χ0) is 15.2. The summed E-state index contributed by atoms with van der Waals surface area (Å²) in [6.45, 7) is 8.99. The van der Waals surface area contributed by atoms with Gasteiger partial charge in [-0.15, -0.1) is 0 Å². The van der Waals surface area contributed by atoms with Gasteiger partial charge in [0.25, 0.3) is 0 Å². The molecule has 21 heavy (non-hydrogen) atoms. The minimum Gasteiger partial charge on any atom is -0.299 e. The third-order valence-electron chi connectivity index (χ3n) is 6.57. The standard InChI is InChI=1S/C20H28O/c1-5-20(4)18(10-11-19(20)21)17-9-7-15-12-13(2)6-8-16(15)14(17)3/h6,8,12,14,17-18H,5,7,9-11H2,1-4H3/t14-,17-,18+,20?/m1/s1. The summed E-state index contributed by atoms with van der Waals surface area (Å²) >= 11 is 0. The van der Waals surface area contributed by atoms with Crippen molar-refractivity contribution >= 4 is 5.78 Å². The summed E-state index contributed by atoms with van der Waals surface area (Å²) in [5, 5.41) is 0.